The molecule has 2 rings (SSSR count). The van der Waals surface area contributed by atoms with E-state index in [0.717, 1.165) is 12.1 Å². The third-order valence-corrected chi connectivity index (χ3v) is 3.96. The third-order valence-electron chi connectivity index (χ3n) is 3.96. The van der Waals surface area contributed by atoms with Gasteiger partial charge >= 0.3 is 5.97 Å². The van der Waals surface area contributed by atoms with Crippen molar-refractivity contribution in [3.8, 4) is 5.75 Å². The van der Waals surface area contributed by atoms with Gasteiger partial charge in [0.1, 0.15) is 23.1 Å². The molecule has 0 spiro atoms. The van der Waals surface area contributed by atoms with Crippen LogP contribution in [0.4, 0.5) is 11.4 Å². The Morgan fingerprint density at radius 2 is 2.14 bits per heavy atom. The van der Waals surface area contributed by atoms with Gasteiger partial charge in [-0.1, -0.05) is 13.0 Å². The molecule has 0 aromatic heterocycles. The van der Waals surface area contributed by atoms with E-state index < -0.39 is 11.6 Å². The number of carbonyl (C=O) groups is 1. The topological polar surface area (TPSA) is 64.8 Å². The van der Waals surface area contributed by atoms with Gasteiger partial charge in [-0.3, -0.25) is 0 Å². The molecule has 1 heterocycles. The molecule has 2 atom stereocenters. The number of para-hydroxylation sites is 1. The molecule has 1 aromatic rings. The molecule has 0 radical (unpaired) electrons. The van der Waals surface area contributed by atoms with Crippen LogP contribution in [0.25, 0.3) is 0 Å². The van der Waals surface area contributed by atoms with Crippen molar-refractivity contribution in [3.63, 3.8) is 0 Å². The highest BCUT2D eigenvalue weighted by Crippen LogP contribution is 2.42. The number of nitrogens with two attached hydrogens (primary N) is 1. The third kappa shape index (κ3) is 3.29. The number of benzene rings is 1. The van der Waals surface area contributed by atoms with Crippen molar-refractivity contribution in [1.82, 2.24) is 0 Å². The average Bonchev–Trinajstić information content (AvgIpc) is 2.44. The summed E-state index contributed by atoms with van der Waals surface area (Å²) >= 11 is 0. The Bertz CT molecular complexity index is 557. The minimum Gasteiger partial charge on any atom is -0.484 e. The molecule has 1 aliphatic rings. The van der Waals surface area contributed by atoms with Gasteiger partial charge in [0.15, 0.2) is 0 Å². The van der Waals surface area contributed by atoms with Crippen LogP contribution < -0.4 is 15.4 Å². The van der Waals surface area contributed by atoms with Gasteiger partial charge in [0, 0.05) is 0 Å². The Morgan fingerprint density at radius 3 is 2.77 bits per heavy atom. The van der Waals surface area contributed by atoms with Crippen molar-refractivity contribution in [3.05, 3.63) is 18.2 Å². The molecule has 0 saturated carbocycles. The van der Waals surface area contributed by atoms with E-state index in [9.17, 15) is 4.79 Å². The van der Waals surface area contributed by atoms with Gasteiger partial charge in [0.05, 0.1) is 18.3 Å². The van der Waals surface area contributed by atoms with Gasteiger partial charge in [-0.25, -0.2) is 4.79 Å². The first-order valence-corrected chi connectivity index (χ1v) is 7.80. The van der Waals surface area contributed by atoms with Gasteiger partial charge in [0.25, 0.3) is 0 Å². The van der Waals surface area contributed by atoms with E-state index >= 15 is 0 Å². The molecule has 5 heteroatoms. The highest BCUT2D eigenvalue weighted by Gasteiger charge is 2.37. The molecular weight excluding hydrogens is 280 g/mol. The number of carbonyl (C=O) groups excluding carboxylic acids is 1. The Kier molecular flexibility index (Phi) is 4.54. The number of nitrogens with zero attached hydrogens (tertiary/aromatic N) is 1. The van der Waals surface area contributed by atoms with Crippen LogP contribution in [0, 0.1) is 0 Å². The molecule has 5 nitrogen and oxygen atoms in total. The van der Waals surface area contributed by atoms with Crippen molar-refractivity contribution < 1.29 is 14.3 Å². The number of rotatable bonds is 4. The lowest BCUT2D eigenvalue weighted by Crippen LogP contribution is -2.53. The first-order chi connectivity index (χ1) is 10.2. The van der Waals surface area contributed by atoms with Crippen molar-refractivity contribution in [2.45, 2.75) is 58.8 Å². The lowest BCUT2D eigenvalue weighted by Gasteiger charge is -2.43. The summed E-state index contributed by atoms with van der Waals surface area (Å²) < 4.78 is 11.5. The van der Waals surface area contributed by atoms with Crippen LogP contribution in [0.3, 0.4) is 0 Å². The van der Waals surface area contributed by atoms with E-state index in [1.807, 2.05) is 57.7 Å². The quantitative estimate of drug-likeness (QED) is 0.684. The maximum atomic E-state index is 12.4. The van der Waals surface area contributed by atoms with E-state index in [1.54, 1.807) is 0 Å². The molecular formula is C17H26N2O3. The summed E-state index contributed by atoms with van der Waals surface area (Å²) in [6, 6.07) is 5.14. The van der Waals surface area contributed by atoms with E-state index in [4.69, 9.17) is 15.2 Å². The molecule has 2 N–H and O–H groups in total. The maximum Gasteiger partial charge on any atom is 0.328 e. The number of ether oxygens (including phenoxy) is 2. The number of nitrogen functional groups attached to an aromatic ring is 1. The molecule has 122 valence electrons. The molecule has 1 aliphatic heterocycles. The van der Waals surface area contributed by atoms with Crippen LogP contribution >= 0.6 is 0 Å². The molecule has 0 bridgehead atoms. The number of hydrogen-bond acceptors (Lipinski definition) is 5. The first-order valence-electron chi connectivity index (χ1n) is 7.80. The minimum absolute atomic E-state index is 0.0865. The minimum atomic E-state index is -0.416. The molecule has 0 saturated heterocycles. The van der Waals surface area contributed by atoms with Crippen molar-refractivity contribution in [2.75, 3.05) is 17.2 Å². The smallest absolute Gasteiger partial charge is 0.328 e. The van der Waals surface area contributed by atoms with Crippen LogP contribution in [-0.4, -0.2) is 30.3 Å². The fraction of sp³-hybridized carbons (Fsp3) is 0.588. The van der Waals surface area contributed by atoms with Crippen molar-refractivity contribution in [2.24, 2.45) is 0 Å². The number of esters is 1. The van der Waals surface area contributed by atoms with Crippen molar-refractivity contribution >= 4 is 17.3 Å². The standard InChI is InChI=1S/C17H26N2O3/c1-6-11(2)21-16(20)12(3)19-10-17(4,5)22-14-9-7-8-13(18)15(14)19/h7-9,11-12H,6,10,18H2,1-5H3. The summed E-state index contributed by atoms with van der Waals surface area (Å²) in [6.07, 6.45) is 0.711. The monoisotopic (exact) mass is 306 g/mol. The summed E-state index contributed by atoms with van der Waals surface area (Å²) in [6.45, 7) is 10.3. The Balaban J connectivity index is 2.32. The zero-order chi connectivity index (χ0) is 16.5. The van der Waals surface area contributed by atoms with Gasteiger partial charge < -0.3 is 20.1 Å². The molecule has 0 aliphatic carbocycles. The lowest BCUT2D eigenvalue weighted by atomic mass is 10.0. The van der Waals surface area contributed by atoms with Gasteiger partial charge in [-0.2, -0.15) is 0 Å². The molecule has 22 heavy (non-hydrogen) atoms. The number of anilines is 2. The lowest BCUT2D eigenvalue weighted by molar-refractivity contribution is -0.149. The van der Waals surface area contributed by atoms with Crippen molar-refractivity contribution in [1.29, 1.82) is 0 Å². The van der Waals surface area contributed by atoms with E-state index in [0.29, 0.717) is 18.0 Å². The predicted octanol–water partition coefficient (Wildman–Crippen LogP) is 2.98. The summed E-state index contributed by atoms with van der Waals surface area (Å²) in [5.41, 5.74) is 7.10. The Morgan fingerprint density at radius 1 is 1.45 bits per heavy atom. The summed E-state index contributed by atoms with van der Waals surface area (Å²) in [5.74, 6) is 0.473. The Labute approximate surface area is 132 Å². The molecule has 2 unspecified atom stereocenters. The van der Waals surface area contributed by atoms with E-state index in [2.05, 4.69) is 0 Å². The average molecular weight is 306 g/mol. The zero-order valence-corrected chi connectivity index (χ0v) is 14.1. The molecule has 0 fully saturated rings. The number of fused-ring (bicyclic) bond motifs is 1. The maximum absolute atomic E-state index is 12.4. The summed E-state index contributed by atoms with van der Waals surface area (Å²) in [5, 5.41) is 0. The summed E-state index contributed by atoms with van der Waals surface area (Å²) in [4.78, 5) is 14.4. The molecule has 0 amide bonds. The van der Waals surface area contributed by atoms with Crippen LogP contribution in [-0.2, 0) is 9.53 Å². The van der Waals surface area contributed by atoms with Gasteiger partial charge in [0.2, 0.25) is 0 Å². The first kappa shape index (κ1) is 16.5. The second-order valence-electron chi connectivity index (χ2n) is 6.52. The van der Waals surface area contributed by atoms with Crippen LogP contribution in [0.5, 0.6) is 5.75 Å². The largest absolute Gasteiger partial charge is 0.484 e. The fourth-order valence-electron chi connectivity index (χ4n) is 2.59. The van der Waals surface area contributed by atoms with Gasteiger partial charge in [-0.15, -0.1) is 0 Å². The normalized spacial score (nSPS) is 18.9. The van der Waals surface area contributed by atoms with E-state index in [1.165, 1.54) is 0 Å². The predicted molar refractivity (Wildman–Crippen MR) is 88.2 cm³/mol. The van der Waals surface area contributed by atoms with Crippen LogP contribution in [0.15, 0.2) is 18.2 Å². The zero-order valence-electron chi connectivity index (χ0n) is 14.1. The second kappa shape index (κ2) is 6.07. The highest BCUT2D eigenvalue weighted by atomic mass is 16.5. The molecule has 1 aromatic carbocycles. The second-order valence-corrected chi connectivity index (χ2v) is 6.52. The SMILES string of the molecule is CCC(C)OC(=O)C(C)N1CC(C)(C)Oc2cccc(N)c21. The highest BCUT2D eigenvalue weighted by molar-refractivity contribution is 5.85. The summed E-state index contributed by atoms with van der Waals surface area (Å²) in [7, 11) is 0. The number of hydrogen-bond donors (Lipinski definition) is 1. The van der Waals surface area contributed by atoms with Crippen LogP contribution in [0.1, 0.15) is 41.0 Å². The fourth-order valence-corrected chi connectivity index (χ4v) is 2.59. The van der Waals surface area contributed by atoms with Gasteiger partial charge in [-0.05, 0) is 46.2 Å². The van der Waals surface area contributed by atoms with Crippen LogP contribution in [0.2, 0.25) is 0 Å². The Hall–Kier alpha value is -1.91. The van der Waals surface area contributed by atoms with E-state index in [-0.39, 0.29) is 12.1 Å².